The molecular formula is C69H92Cl3I2N7O. The smallest absolute Gasteiger partial charge is 0.205 e. The molecule has 3 fully saturated rings. The minimum Gasteiger partial charge on any atom is -1.00 e. The molecule has 7 heterocycles. The van der Waals surface area contributed by atoms with Gasteiger partial charge in [0.25, 0.3) is 0 Å². The summed E-state index contributed by atoms with van der Waals surface area (Å²) in [6.07, 6.45) is 17.6. The number of anilines is 3. The van der Waals surface area contributed by atoms with E-state index in [9.17, 15) is 4.79 Å². The van der Waals surface area contributed by atoms with E-state index in [1.807, 2.05) is 56.3 Å². The topological polar surface area (TPSA) is 51.3 Å². The van der Waals surface area contributed by atoms with Crippen LogP contribution in [-0.4, -0.2) is 55.0 Å². The van der Waals surface area contributed by atoms with Crippen molar-refractivity contribution in [3.8, 4) is 0 Å². The Morgan fingerprint density at radius 1 is 0.415 bits per heavy atom. The second-order valence-corrected chi connectivity index (χ2v) is 21.6. The monoisotopic (exact) mass is 1390 g/mol. The van der Waals surface area contributed by atoms with Crippen LogP contribution in [0.3, 0.4) is 0 Å². The molecule has 8 nitrogen and oxygen atoms in total. The van der Waals surface area contributed by atoms with Gasteiger partial charge < -0.3 is 63.5 Å². The first kappa shape index (κ1) is 75.2. The van der Waals surface area contributed by atoms with Gasteiger partial charge in [-0.2, -0.15) is 4.57 Å². The molecule has 0 amide bonds. The van der Waals surface area contributed by atoms with E-state index in [-0.39, 0.29) is 61.2 Å². The minimum absolute atomic E-state index is 0. The van der Waals surface area contributed by atoms with Gasteiger partial charge >= 0.3 is 0 Å². The van der Waals surface area contributed by atoms with Gasteiger partial charge in [0, 0.05) is 150 Å². The number of benzene rings is 3. The molecule has 4 aromatic heterocycles. The Labute approximate surface area is 544 Å². The van der Waals surface area contributed by atoms with Crippen LogP contribution in [0.25, 0.3) is 24.3 Å². The highest BCUT2D eigenvalue weighted by Crippen LogP contribution is 2.23. The third-order valence-corrected chi connectivity index (χ3v) is 14.3. The van der Waals surface area contributed by atoms with Gasteiger partial charge in [-0.3, -0.25) is 9.78 Å². The lowest BCUT2D eigenvalue weighted by Crippen LogP contribution is -3.00. The molecule has 0 radical (unpaired) electrons. The quantitative estimate of drug-likeness (QED) is 0.0648. The number of aromatic nitrogens is 4. The van der Waals surface area contributed by atoms with Gasteiger partial charge in [0.2, 0.25) is 11.4 Å². The lowest BCUT2D eigenvalue weighted by molar-refractivity contribution is -0.705. The van der Waals surface area contributed by atoms with E-state index in [2.05, 4.69) is 239 Å². The molecule has 0 bridgehead atoms. The van der Waals surface area contributed by atoms with Gasteiger partial charge in [0.15, 0.2) is 22.8 Å². The zero-order chi connectivity index (χ0) is 56.1. The first-order valence-corrected chi connectivity index (χ1v) is 30.2. The van der Waals surface area contributed by atoms with Crippen molar-refractivity contribution in [2.75, 3.05) is 58.4 Å². The van der Waals surface area contributed by atoms with Crippen LogP contribution in [0.4, 0.5) is 17.1 Å². The maximum absolute atomic E-state index is 10.4. The van der Waals surface area contributed by atoms with Crippen LogP contribution >= 0.6 is 35.0 Å². The summed E-state index contributed by atoms with van der Waals surface area (Å²) in [5.74, 6) is 0. The second-order valence-electron chi connectivity index (χ2n) is 20.1. The van der Waals surface area contributed by atoms with Crippen LogP contribution in [0.5, 0.6) is 0 Å². The van der Waals surface area contributed by atoms with Gasteiger partial charge in [-0.15, -0.1) is 12.4 Å². The zero-order valence-electron chi connectivity index (χ0n) is 50.5. The van der Waals surface area contributed by atoms with Crippen molar-refractivity contribution in [1.29, 1.82) is 0 Å². The fraction of sp³-hybridized carbons (Fsp3) is 0.377. The van der Waals surface area contributed by atoms with Gasteiger partial charge in [0.1, 0.15) is 25.9 Å². The number of nitrogens with zero attached hydrogens (tertiary/aromatic N) is 7. The molecule has 3 aromatic carbocycles. The summed E-state index contributed by atoms with van der Waals surface area (Å²) in [7, 11) is 0. The molecule has 10 rings (SSSR count). The van der Waals surface area contributed by atoms with Crippen LogP contribution < -0.4 is 77.2 Å². The Bertz CT molecular complexity index is 2720. The van der Waals surface area contributed by atoms with Gasteiger partial charge in [0.05, 0.1) is 0 Å². The van der Waals surface area contributed by atoms with Crippen LogP contribution in [0, 0.1) is 41.5 Å². The molecule has 0 N–H and O–H groups in total. The largest absolute Gasteiger partial charge is 1.00 e. The number of aldehydes is 1. The first-order valence-electron chi connectivity index (χ1n) is 28.7. The Balaban J connectivity index is 0.000000576. The SMILES string of the molecule is CCI.CC[n+]1c(/C=C/c2ccc(N3CCCC3)cc2)cccc1/C=C/c1ccc(N2CCCC2)cc1.CC[n+]1c(C)cccc1C.CC[n+]1c(C)cccc1C.Cc1cccc(C)n1.Cl.O=Cc1ccc(N2CCCC2)cc1.[Cl-].[Cl-].[I-]. The molecule has 444 valence electrons. The fourth-order valence-corrected chi connectivity index (χ4v) is 10.1. The van der Waals surface area contributed by atoms with Crippen molar-refractivity contribution in [3.63, 3.8) is 0 Å². The average Bonchev–Trinajstić information content (AvgIpc) is 4.31. The summed E-state index contributed by atoms with van der Waals surface area (Å²) in [4.78, 5) is 21.9. The van der Waals surface area contributed by atoms with E-state index in [0.717, 1.165) is 56.0 Å². The number of rotatable bonds is 11. The van der Waals surface area contributed by atoms with Crippen molar-refractivity contribution in [1.82, 2.24) is 4.98 Å². The van der Waals surface area contributed by atoms with E-state index in [0.29, 0.717) is 0 Å². The van der Waals surface area contributed by atoms with Crippen molar-refractivity contribution in [3.05, 3.63) is 208 Å². The Hall–Kier alpha value is -4.86. The van der Waals surface area contributed by atoms with Crippen LogP contribution in [-0.2, 0) is 19.6 Å². The number of aryl methyl sites for hydroxylation is 6. The molecular weight excluding hydrogens is 1300 g/mol. The Morgan fingerprint density at radius 2 is 0.683 bits per heavy atom. The minimum atomic E-state index is 0. The zero-order valence-corrected chi connectivity index (χ0v) is 57.2. The Morgan fingerprint density at radius 3 is 0.927 bits per heavy atom. The lowest BCUT2D eigenvalue weighted by Gasteiger charge is -2.17. The molecule has 0 atom stereocenters. The predicted molar refractivity (Wildman–Crippen MR) is 348 cm³/mol. The van der Waals surface area contributed by atoms with E-state index in [4.69, 9.17) is 0 Å². The summed E-state index contributed by atoms with van der Waals surface area (Å²) >= 11 is 2.29. The molecule has 7 aromatic rings. The van der Waals surface area contributed by atoms with Gasteiger partial charge in [-0.25, -0.2) is 9.13 Å². The Kier molecular flexibility index (Phi) is 38.5. The van der Waals surface area contributed by atoms with Gasteiger partial charge in [-0.1, -0.05) is 59.8 Å². The third kappa shape index (κ3) is 25.2. The summed E-state index contributed by atoms with van der Waals surface area (Å²) in [5.41, 5.74) is 17.1. The number of carbonyl (C=O) groups is 1. The maximum atomic E-state index is 10.4. The number of carbonyl (C=O) groups excluding carboxylic acids is 1. The highest BCUT2D eigenvalue weighted by molar-refractivity contribution is 14.1. The molecule has 13 heteroatoms. The third-order valence-electron chi connectivity index (χ3n) is 14.3. The standard InChI is InChI=1S/C31H36N3.C11H13NO.2C9H14N.C7H9N.C2H5I.3ClH.HI/c1-2-34-30(20-14-26-10-16-28(17-11-26)32-22-3-4-23-32)8-7-9-31(34)21-15-27-12-18-29(19-13-27)33-24-5-6-25-33;13-9-10-3-5-11(6-4-10)12-7-1-2-8-12;2*1-4-10-8(2)6-5-7-9(10)3;1-6-4-3-5-7(2)8-6;1-2-3;;;;/h7-21H,2-6,22-25H2,1H3;3-6,9H,1-2,7-8H2;2*5-7H,4H2,1-3H3;3-5H,1-2H3;2H2,1H3;4*1H/q+1;;2*+1;;;;;;/p-3. The highest BCUT2D eigenvalue weighted by Gasteiger charge is 2.15. The van der Waals surface area contributed by atoms with Crippen molar-refractivity contribution < 1.29 is 67.3 Å². The second kappa shape index (κ2) is 42.0. The summed E-state index contributed by atoms with van der Waals surface area (Å²) in [6.45, 7) is 31.3. The first-order chi connectivity index (χ1) is 37.9. The normalized spacial score (nSPS) is 12.9. The summed E-state index contributed by atoms with van der Waals surface area (Å²) in [6, 6.07) is 51.0. The predicted octanol–water partition coefficient (Wildman–Crippen LogP) is 6.43. The average molecular weight is 1400 g/mol. The number of hydrogen-bond donors (Lipinski definition) is 0. The molecule has 0 unspecified atom stereocenters. The molecule has 0 spiro atoms. The number of hydrogen-bond acceptors (Lipinski definition) is 5. The number of pyridine rings is 4. The van der Waals surface area contributed by atoms with E-state index in [1.54, 1.807) is 0 Å². The molecule has 0 aliphatic carbocycles. The van der Waals surface area contributed by atoms with Gasteiger partial charge in [-0.05, 0) is 180 Å². The van der Waals surface area contributed by atoms with E-state index in [1.165, 1.54) is 131 Å². The summed E-state index contributed by atoms with van der Waals surface area (Å²) in [5, 5.41) is 0. The summed E-state index contributed by atoms with van der Waals surface area (Å²) < 4.78 is 8.17. The molecule has 3 aliphatic rings. The van der Waals surface area contributed by atoms with Crippen molar-refractivity contribution in [2.24, 2.45) is 0 Å². The maximum Gasteiger partial charge on any atom is 0.205 e. The van der Waals surface area contributed by atoms with Crippen LogP contribution in [0.2, 0.25) is 0 Å². The lowest BCUT2D eigenvalue weighted by atomic mass is 10.1. The molecule has 3 aliphatic heterocycles. The van der Waals surface area contributed by atoms with Crippen molar-refractivity contribution >= 4 is 82.7 Å². The van der Waals surface area contributed by atoms with E-state index < -0.39 is 0 Å². The molecule has 0 saturated carbocycles. The number of alkyl halides is 1. The fourth-order valence-electron chi connectivity index (χ4n) is 10.1. The van der Waals surface area contributed by atoms with Crippen LogP contribution in [0.1, 0.15) is 133 Å². The van der Waals surface area contributed by atoms with E-state index >= 15 is 0 Å². The number of halogens is 5. The highest BCUT2D eigenvalue weighted by atomic mass is 127. The molecule has 82 heavy (non-hydrogen) atoms. The van der Waals surface area contributed by atoms with Crippen molar-refractivity contribution in [2.45, 2.75) is 127 Å². The van der Waals surface area contributed by atoms with Crippen LogP contribution in [0.15, 0.2) is 146 Å². The molecule has 3 saturated heterocycles.